The summed E-state index contributed by atoms with van der Waals surface area (Å²) in [5, 5.41) is 6.04. The van der Waals surface area contributed by atoms with Gasteiger partial charge in [-0.25, -0.2) is 8.42 Å². The average Bonchev–Trinajstić information content (AvgIpc) is 3.25. The van der Waals surface area contributed by atoms with Gasteiger partial charge in [0.2, 0.25) is 11.8 Å². The number of amides is 2. The molecule has 1 heterocycles. The molecule has 2 aliphatic carbocycles. The zero-order valence-corrected chi connectivity index (χ0v) is 19.8. The number of carbonyl (C=O) groups is 2. The highest BCUT2D eigenvalue weighted by Crippen LogP contribution is 2.52. The molecule has 2 N–H and O–H groups in total. The van der Waals surface area contributed by atoms with Crippen molar-refractivity contribution in [1.29, 1.82) is 0 Å². The van der Waals surface area contributed by atoms with Crippen LogP contribution in [0.2, 0.25) is 0 Å². The first-order chi connectivity index (χ1) is 12.6. The molecule has 1 aliphatic heterocycles. The van der Waals surface area contributed by atoms with Gasteiger partial charge in [0.15, 0.2) is 15.8 Å². The first kappa shape index (κ1) is 23.1. The monoisotopic (exact) mass is 524 g/mol. The number of carbonyl (C=O) groups excluding carboxylic acids is 2. The molecule has 0 spiro atoms. The number of hydrogen-bond donors (Lipinski definition) is 2. The number of aliphatic imine (C=N–C) groups is 1. The fourth-order valence-corrected chi connectivity index (χ4v) is 4.45. The third-order valence-corrected chi connectivity index (χ3v) is 8.25. The van der Waals surface area contributed by atoms with Crippen LogP contribution in [0.25, 0.3) is 0 Å². The zero-order chi connectivity index (χ0) is 20.0. The van der Waals surface area contributed by atoms with Gasteiger partial charge in [-0.1, -0.05) is 12.2 Å². The van der Waals surface area contributed by atoms with Crippen molar-refractivity contribution in [2.24, 2.45) is 28.7 Å². The van der Waals surface area contributed by atoms with Gasteiger partial charge in [-0.2, -0.15) is 0 Å². The maximum absolute atomic E-state index is 12.6. The van der Waals surface area contributed by atoms with E-state index in [4.69, 9.17) is 0 Å². The highest BCUT2D eigenvalue weighted by molar-refractivity contribution is 14.0. The molecule has 0 aromatic carbocycles. The molecule has 2 amide bonds. The molecule has 28 heavy (non-hydrogen) atoms. The summed E-state index contributed by atoms with van der Waals surface area (Å²) in [5.41, 5.74) is 0. The second-order valence-electron chi connectivity index (χ2n) is 8.21. The van der Waals surface area contributed by atoms with Crippen molar-refractivity contribution in [3.05, 3.63) is 12.2 Å². The smallest absolute Gasteiger partial charge is 0.233 e. The normalized spacial score (nSPS) is 29.1. The maximum Gasteiger partial charge on any atom is 0.233 e. The first-order valence-corrected chi connectivity index (χ1v) is 11.1. The predicted molar refractivity (Wildman–Crippen MR) is 118 cm³/mol. The van der Waals surface area contributed by atoms with E-state index in [1.54, 1.807) is 20.9 Å². The minimum atomic E-state index is -3.22. The van der Waals surface area contributed by atoms with Gasteiger partial charge < -0.3 is 10.6 Å². The summed E-state index contributed by atoms with van der Waals surface area (Å²) in [6.07, 6.45) is 6.28. The van der Waals surface area contributed by atoms with Crippen LogP contribution < -0.4 is 10.6 Å². The Balaban J connectivity index is 0.00000280. The zero-order valence-electron chi connectivity index (χ0n) is 16.6. The third kappa shape index (κ3) is 4.07. The third-order valence-electron chi connectivity index (χ3n) is 6.10. The van der Waals surface area contributed by atoms with Gasteiger partial charge in [0, 0.05) is 32.9 Å². The van der Waals surface area contributed by atoms with Crippen LogP contribution in [-0.4, -0.2) is 68.8 Å². The number of nitrogens with zero attached hydrogens (tertiary/aromatic N) is 2. The number of imide groups is 1. The fraction of sp³-hybridized carbons (Fsp3) is 0.722. The van der Waals surface area contributed by atoms with Gasteiger partial charge >= 0.3 is 0 Å². The lowest BCUT2D eigenvalue weighted by Gasteiger charge is -2.24. The quantitative estimate of drug-likeness (QED) is 0.171. The Morgan fingerprint density at radius 1 is 1.18 bits per heavy atom. The lowest BCUT2D eigenvalue weighted by atomic mass is 9.85. The molecule has 0 aromatic rings. The van der Waals surface area contributed by atoms with Crippen molar-refractivity contribution in [3.63, 3.8) is 0 Å². The first-order valence-electron chi connectivity index (χ1n) is 9.24. The Bertz CT molecular complexity index is 778. The van der Waals surface area contributed by atoms with Gasteiger partial charge in [0.25, 0.3) is 0 Å². The van der Waals surface area contributed by atoms with Crippen LogP contribution in [-0.2, 0) is 19.4 Å². The van der Waals surface area contributed by atoms with Gasteiger partial charge in [0.1, 0.15) is 0 Å². The molecule has 1 saturated carbocycles. The summed E-state index contributed by atoms with van der Waals surface area (Å²) in [6.45, 7) is 4.13. The summed E-state index contributed by atoms with van der Waals surface area (Å²) in [5.74, 6) is 0.368. The van der Waals surface area contributed by atoms with Crippen molar-refractivity contribution in [3.8, 4) is 0 Å². The Kier molecular flexibility index (Phi) is 6.84. The molecule has 0 aromatic heterocycles. The summed E-state index contributed by atoms with van der Waals surface area (Å²) in [7, 11) is -1.63. The van der Waals surface area contributed by atoms with Crippen molar-refractivity contribution in [1.82, 2.24) is 15.5 Å². The number of hydrogen-bond acceptors (Lipinski definition) is 5. The summed E-state index contributed by atoms with van der Waals surface area (Å²) >= 11 is 0. The summed E-state index contributed by atoms with van der Waals surface area (Å²) in [6, 6.07) is 0. The summed E-state index contributed by atoms with van der Waals surface area (Å²) in [4.78, 5) is 30.7. The Labute approximate surface area is 183 Å². The molecule has 3 rings (SSSR count). The minimum Gasteiger partial charge on any atom is -0.355 e. The lowest BCUT2D eigenvalue weighted by Crippen LogP contribution is -2.49. The molecule has 8 nitrogen and oxygen atoms in total. The number of nitrogens with one attached hydrogen (secondary N) is 2. The van der Waals surface area contributed by atoms with E-state index in [2.05, 4.69) is 27.8 Å². The number of allylic oxidation sites excluding steroid dienone is 2. The number of guanidine groups is 1. The molecule has 1 saturated heterocycles. The lowest BCUT2D eigenvalue weighted by molar-refractivity contribution is -0.140. The van der Waals surface area contributed by atoms with Crippen molar-refractivity contribution < 1.29 is 18.0 Å². The number of fused-ring (bicyclic) bond motifs is 5. The second-order valence-corrected chi connectivity index (χ2v) is 10.9. The second kappa shape index (κ2) is 8.29. The van der Waals surface area contributed by atoms with Crippen molar-refractivity contribution >= 4 is 51.6 Å². The topological polar surface area (TPSA) is 108 Å². The Morgan fingerprint density at radius 3 is 2.18 bits per heavy atom. The van der Waals surface area contributed by atoms with E-state index in [0.717, 1.165) is 6.42 Å². The molecule has 2 bridgehead atoms. The van der Waals surface area contributed by atoms with Crippen LogP contribution in [0, 0.1) is 23.7 Å². The molecule has 3 aliphatic rings. The van der Waals surface area contributed by atoms with E-state index >= 15 is 0 Å². The van der Waals surface area contributed by atoms with Crippen LogP contribution in [0.4, 0.5) is 0 Å². The number of rotatable bonds is 6. The van der Waals surface area contributed by atoms with E-state index in [-0.39, 0.29) is 72.6 Å². The van der Waals surface area contributed by atoms with Crippen LogP contribution in [0.3, 0.4) is 0 Å². The molecule has 4 unspecified atom stereocenters. The van der Waals surface area contributed by atoms with E-state index in [1.165, 1.54) is 11.2 Å². The van der Waals surface area contributed by atoms with Crippen LogP contribution in [0.1, 0.15) is 20.3 Å². The largest absolute Gasteiger partial charge is 0.355 e. The van der Waals surface area contributed by atoms with Crippen LogP contribution in [0.15, 0.2) is 17.1 Å². The van der Waals surface area contributed by atoms with Crippen molar-refractivity contribution in [2.45, 2.75) is 25.0 Å². The van der Waals surface area contributed by atoms with E-state index in [1.807, 2.05) is 0 Å². The van der Waals surface area contributed by atoms with E-state index in [0.29, 0.717) is 12.5 Å². The van der Waals surface area contributed by atoms with Gasteiger partial charge in [-0.15, -0.1) is 24.0 Å². The Morgan fingerprint density at radius 2 is 1.71 bits per heavy atom. The molecular weight excluding hydrogens is 495 g/mol. The van der Waals surface area contributed by atoms with Gasteiger partial charge in [-0.05, 0) is 32.1 Å². The van der Waals surface area contributed by atoms with Crippen LogP contribution >= 0.6 is 24.0 Å². The van der Waals surface area contributed by atoms with E-state index < -0.39 is 14.6 Å². The molecular formula is C18H29IN4O4S. The highest BCUT2D eigenvalue weighted by Gasteiger charge is 2.58. The number of likely N-dealkylation sites (tertiary alicyclic amines) is 1. The molecule has 158 valence electrons. The Hall–Kier alpha value is -1.17. The SMILES string of the molecule is CN=C(NCCN1C(=O)C2C3C=CC(C3)C2C1=O)NCC(C)(C)S(C)(=O)=O.I. The molecule has 2 fully saturated rings. The van der Waals surface area contributed by atoms with Crippen LogP contribution in [0.5, 0.6) is 0 Å². The highest BCUT2D eigenvalue weighted by atomic mass is 127. The van der Waals surface area contributed by atoms with Gasteiger partial charge in [-0.3, -0.25) is 19.5 Å². The number of halogens is 1. The molecule has 0 radical (unpaired) electrons. The minimum absolute atomic E-state index is 0. The predicted octanol–water partition coefficient (Wildman–Crippen LogP) is 0.400. The molecule has 4 atom stereocenters. The molecule has 10 heteroatoms. The van der Waals surface area contributed by atoms with E-state index in [9.17, 15) is 18.0 Å². The fourth-order valence-electron chi connectivity index (χ4n) is 4.12. The number of sulfone groups is 1. The maximum atomic E-state index is 12.6. The summed E-state index contributed by atoms with van der Waals surface area (Å²) < 4.78 is 22.6. The average molecular weight is 524 g/mol. The standard InChI is InChI=1S/C18H28N4O4S.HI/c1-18(2,27(4,25)26)10-21-17(19-3)20-7-8-22-15(23)13-11-5-6-12(9-11)14(13)16(22)24;/h5-6,11-14H,7-10H2,1-4H3,(H2,19,20,21);1H. The van der Waals surface area contributed by atoms with Crippen molar-refractivity contribution in [2.75, 3.05) is 32.9 Å². The van der Waals surface area contributed by atoms with Gasteiger partial charge in [0.05, 0.1) is 16.6 Å².